The van der Waals surface area contributed by atoms with Gasteiger partial charge in [-0.1, -0.05) is 0 Å². The van der Waals surface area contributed by atoms with Crippen LogP contribution in [0.2, 0.25) is 0 Å². The van der Waals surface area contributed by atoms with Crippen molar-refractivity contribution < 1.29 is 22.4 Å². The van der Waals surface area contributed by atoms with Crippen LogP contribution < -0.4 is 0 Å². The number of ketones is 1. The lowest BCUT2D eigenvalue weighted by Gasteiger charge is -2.22. The Kier molecular flexibility index (Phi) is 3.04. The van der Waals surface area contributed by atoms with Crippen LogP contribution >= 0.6 is 11.8 Å². The molecule has 1 atom stereocenters. The van der Waals surface area contributed by atoms with E-state index in [-0.39, 0.29) is 6.08 Å². The van der Waals surface area contributed by atoms with Gasteiger partial charge in [0, 0.05) is 11.8 Å². The molecular formula is C8H6F4OS. The Morgan fingerprint density at radius 1 is 1.43 bits per heavy atom. The van der Waals surface area contributed by atoms with Crippen molar-refractivity contribution in [3.63, 3.8) is 0 Å². The Labute approximate surface area is 81.9 Å². The number of halogens is 4. The molecule has 0 saturated heterocycles. The predicted molar refractivity (Wildman–Crippen MR) is 45.7 cm³/mol. The van der Waals surface area contributed by atoms with Crippen molar-refractivity contribution in [1.29, 1.82) is 0 Å². The number of alkyl halides is 1. The molecule has 0 aromatic heterocycles. The molecule has 1 nitrogen and oxygen atoms in total. The van der Waals surface area contributed by atoms with E-state index >= 15 is 0 Å². The second-order valence-electron chi connectivity index (χ2n) is 2.72. The highest BCUT2D eigenvalue weighted by Crippen LogP contribution is 2.36. The molecule has 14 heavy (non-hydrogen) atoms. The summed E-state index contributed by atoms with van der Waals surface area (Å²) in [6.07, 6.45) is 1.49. The van der Waals surface area contributed by atoms with E-state index in [0.29, 0.717) is 0 Å². The van der Waals surface area contributed by atoms with Crippen LogP contribution in [0.15, 0.2) is 23.6 Å². The molecule has 1 rings (SSSR count). The first-order chi connectivity index (χ1) is 6.43. The van der Waals surface area contributed by atoms with Gasteiger partial charge in [0.1, 0.15) is 5.83 Å². The lowest BCUT2D eigenvalue weighted by atomic mass is 9.95. The fourth-order valence-corrected chi connectivity index (χ4v) is 1.68. The van der Waals surface area contributed by atoms with Crippen LogP contribution in [0.4, 0.5) is 17.6 Å². The van der Waals surface area contributed by atoms with Gasteiger partial charge in [-0.05, 0) is 6.26 Å². The van der Waals surface area contributed by atoms with Gasteiger partial charge in [-0.2, -0.15) is 16.2 Å². The van der Waals surface area contributed by atoms with Crippen LogP contribution in [0, 0.1) is 0 Å². The fraction of sp³-hybridized carbons (Fsp3) is 0.375. The highest BCUT2D eigenvalue weighted by molar-refractivity contribution is 7.98. The number of rotatable bonds is 2. The van der Waals surface area contributed by atoms with Gasteiger partial charge in [-0.15, -0.1) is 0 Å². The summed E-state index contributed by atoms with van der Waals surface area (Å²) in [5.74, 6) is -7.47. The van der Waals surface area contributed by atoms with Crippen LogP contribution in [0.5, 0.6) is 0 Å². The Balaban J connectivity index is 3.15. The van der Waals surface area contributed by atoms with Gasteiger partial charge in [-0.25, -0.2) is 13.2 Å². The topological polar surface area (TPSA) is 17.1 Å². The summed E-state index contributed by atoms with van der Waals surface area (Å²) in [6.45, 7) is 0. The van der Waals surface area contributed by atoms with Gasteiger partial charge in [0.15, 0.2) is 5.83 Å². The Hall–Kier alpha value is -0.780. The van der Waals surface area contributed by atoms with Gasteiger partial charge in [0.25, 0.3) is 0 Å². The summed E-state index contributed by atoms with van der Waals surface area (Å²) < 4.78 is 51.5. The molecule has 0 fully saturated rings. The zero-order valence-electron chi connectivity index (χ0n) is 7.11. The minimum atomic E-state index is -3.06. The van der Waals surface area contributed by atoms with Crippen molar-refractivity contribution in [2.24, 2.45) is 0 Å². The van der Waals surface area contributed by atoms with Gasteiger partial charge in [-0.3, -0.25) is 4.79 Å². The number of Topliss-reactive ketones (excluding diaryl/α,β-unsaturated/α-hetero) is 1. The smallest absolute Gasteiger partial charge is 0.239 e. The van der Waals surface area contributed by atoms with Crippen molar-refractivity contribution in [3.8, 4) is 0 Å². The normalized spacial score (nSPS) is 28.1. The van der Waals surface area contributed by atoms with E-state index in [1.807, 2.05) is 0 Å². The van der Waals surface area contributed by atoms with Crippen molar-refractivity contribution in [1.82, 2.24) is 0 Å². The largest absolute Gasteiger partial charge is 0.287 e. The Bertz CT molecular complexity index is 332. The van der Waals surface area contributed by atoms with E-state index < -0.39 is 34.7 Å². The van der Waals surface area contributed by atoms with Crippen molar-refractivity contribution in [2.75, 3.05) is 12.0 Å². The van der Waals surface area contributed by atoms with Crippen molar-refractivity contribution in [2.45, 2.75) is 5.67 Å². The Morgan fingerprint density at radius 3 is 2.50 bits per heavy atom. The number of carbonyl (C=O) groups excluding carboxylic acids is 1. The first kappa shape index (κ1) is 11.3. The third-order valence-corrected chi connectivity index (χ3v) is 2.43. The number of carbonyl (C=O) groups is 1. The molecular weight excluding hydrogens is 220 g/mol. The summed E-state index contributed by atoms with van der Waals surface area (Å²) in [4.78, 5) is 10.9. The number of allylic oxidation sites excluding steroid dienone is 4. The number of hydrogen-bond donors (Lipinski definition) is 0. The summed E-state index contributed by atoms with van der Waals surface area (Å²) >= 11 is 0.829. The van der Waals surface area contributed by atoms with Crippen LogP contribution in [-0.2, 0) is 4.79 Å². The standard InChI is InChI=1S/C8H6F4OS/c1-14-3-8(12)5(10)2-4(9)6(11)7(8)13/h2H,3H2,1H3. The molecule has 78 valence electrons. The van der Waals surface area contributed by atoms with E-state index in [1.165, 1.54) is 6.26 Å². The molecule has 0 heterocycles. The quantitative estimate of drug-likeness (QED) is 0.673. The molecule has 1 aliphatic carbocycles. The van der Waals surface area contributed by atoms with E-state index in [4.69, 9.17) is 0 Å². The summed E-state index contributed by atoms with van der Waals surface area (Å²) in [5, 5.41) is 0. The molecule has 0 bridgehead atoms. The fourth-order valence-electron chi connectivity index (χ4n) is 1.01. The maximum atomic E-state index is 13.5. The van der Waals surface area contributed by atoms with Gasteiger partial charge < -0.3 is 0 Å². The maximum Gasteiger partial charge on any atom is 0.239 e. The number of thioether (sulfide) groups is 1. The first-order valence-corrected chi connectivity index (χ1v) is 4.98. The third-order valence-electron chi connectivity index (χ3n) is 1.74. The monoisotopic (exact) mass is 226 g/mol. The maximum absolute atomic E-state index is 13.5. The lowest BCUT2D eigenvalue weighted by Crippen LogP contribution is -2.40. The molecule has 6 heteroatoms. The van der Waals surface area contributed by atoms with Crippen LogP contribution in [0.3, 0.4) is 0 Å². The first-order valence-electron chi connectivity index (χ1n) is 3.59. The third kappa shape index (κ3) is 1.58. The molecule has 0 aromatic rings. The van der Waals surface area contributed by atoms with Gasteiger partial charge in [0.05, 0.1) is 0 Å². The second-order valence-corrected chi connectivity index (χ2v) is 3.58. The molecule has 0 aliphatic heterocycles. The van der Waals surface area contributed by atoms with E-state index in [0.717, 1.165) is 11.8 Å². The second kappa shape index (κ2) is 3.76. The van der Waals surface area contributed by atoms with Crippen LogP contribution in [-0.4, -0.2) is 23.5 Å². The zero-order valence-corrected chi connectivity index (χ0v) is 7.93. The van der Waals surface area contributed by atoms with Gasteiger partial charge >= 0.3 is 0 Å². The minimum absolute atomic E-state index is 0.0625. The molecule has 0 N–H and O–H groups in total. The van der Waals surface area contributed by atoms with Crippen molar-refractivity contribution >= 4 is 17.5 Å². The molecule has 0 aromatic carbocycles. The highest BCUT2D eigenvalue weighted by Gasteiger charge is 2.48. The predicted octanol–water partition coefficient (Wildman–Crippen LogP) is 2.64. The zero-order chi connectivity index (χ0) is 10.9. The SMILES string of the molecule is CSCC1(F)C(=O)C(F)=C(F)C=C1F. The van der Waals surface area contributed by atoms with Gasteiger partial charge in [0.2, 0.25) is 17.3 Å². The number of hydrogen-bond acceptors (Lipinski definition) is 2. The molecule has 0 spiro atoms. The molecule has 0 saturated carbocycles. The highest BCUT2D eigenvalue weighted by atomic mass is 32.2. The van der Waals surface area contributed by atoms with Crippen LogP contribution in [0.1, 0.15) is 0 Å². The average Bonchev–Trinajstić information content (AvgIpc) is 2.13. The molecule has 1 aliphatic rings. The molecule has 1 unspecified atom stereocenters. The van der Waals surface area contributed by atoms with E-state index in [9.17, 15) is 22.4 Å². The van der Waals surface area contributed by atoms with E-state index in [2.05, 4.69) is 0 Å². The van der Waals surface area contributed by atoms with E-state index in [1.54, 1.807) is 0 Å². The Morgan fingerprint density at radius 2 is 2.00 bits per heavy atom. The molecule has 0 radical (unpaired) electrons. The van der Waals surface area contributed by atoms with Crippen LogP contribution in [0.25, 0.3) is 0 Å². The summed E-state index contributed by atoms with van der Waals surface area (Å²) in [5.41, 5.74) is -3.06. The average molecular weight is 226 g/mol. The summed E-state index contributed by atoms with van der Waals surface area (Å²) in [7, 11) is 0. The minimum Gasteiger partial charge on any atom is -0.287 e. The lowest BCUT2D eigenvalue weighted by molar-refractivity contribution is -0.126. The molecule has 0 amide bonds. The summed E-state index contributed by atoms with van der Waals surface area (Å²) in [6, 6.07) is 0. The van der Waals surface area contributed by atoms with Crippen molar-refractivity contribution in [3.05, 3.63) is 23.6 Å².